The molecule has 1 rings (SSSR count). The highest BCUT2D eigenvalue weighted by molar-refractivity contribution is 5.94. The fourth-order valence-electron chi connectivity index (χ4n) is 1.04. The topological polar surface area (TPSA) is 76.2 Å². The Bertz CT molecular complexity index is 349. The van der Waals surface area contributed by atoms with Crippen molar-refractivity contribution in [2.24, 2.45) is 5.73 Å². The second kappa shape index (κ2) is 6.03. The number of amidine groups is 1. The van der Waals surface area contributed by atoms with E-state index in [2.05, 4.69) is 4.74 Å². The molecule has 0 unspecified atom stereocenters. The van der Waals surface area contributed by atoms with Crippen LogP contribution in [0, 0.1) is 5.41 Å². The number of rotatable bonds is 3. The molecule has 0 bridgehead atoms. The predicted molar refractivity (Wildman–Crippen MR) is 60.4 cm³/mol. The smallest absolute Gasteiger partial charge is 0.309 e. The zero-order valence-corrected chi connectivity index (χ0v) is 9.14. The summed E-state index contributed by atoms with van der Waals surface area (Å²) < 4.78 is 4.53. The van der Waals surface area contributed by atoms with E-state index in [1.807, 2.05) is 0 Å². The molecule has 0 aliphatic rings. The SMILES string of the molecule is COC(=O)Cc1ccc(C(=N)N)cc1.Cl. The first kappa shape index (κ1) is 13.4. The fourth-order valence-corrected chi connectivity index (χ4v) is 1.04. The highest BCUT2D eigenvalue weighted by Crippen LogP contribution is 2.05. The first-order valence-corrected chi connectivity index (χ1v) is 4.13. The summed E-state index contributed by atoms with van der Waals surface area (Å²) >= 11 is 0. The molecule has 3 N–H and O–H groups in total. The third-order valence-corrected chi connectivity index (χ3v) is 1.84. The lowest BCUT2D eigenvalue weighted by Gasteiger charge is -2.01. The molecule has 0 aliphatic heterocycles. The van der Waals surface area contributed by atoms with E-state index >= 15 is 0 Å². The maximum Gasteiger partial charge on any atom is 0.309 e. The van der Waals surface area contributed by atoms with Crippen LogP contribution in [0.2, 0.25) is 0 Å². The summed E-state index contributed by atoms with van der Waals surface area (Å²) in [5, 5.41) is 7.17. The summed E-state index contributed by atoms with van der Waals surface area (Å²) in [6, 6.07) is 6.93. The van der Waals surface area contributed by atoms with Crippen molar-refractivity contribution in [3.8, 4) is 0 Å². The number of hydrogen-bond acceptors (Lipinski definition) is 3. The van der Waals surface area contributed by atoms with Crippen LogP contribution >= 0.6 is 12.4 Å². The van der Waals surface area contributed by atoms with Gasteiger partial charge in [-0.25, -0.2) is 0 Å². The molecular formula is C10H13ClN2O2. The number of carbonyl (C=O) groups is 1. The van der Waals surface area contributed by atoms with Gasteiger partial charge in [0.1, 0.15) is 5.84 Å². The Kier molecular flexibility index (Phi) is 5.41. The van der Waals surface area contributed by atoms with Crippen LogP contribution in [-0.4, -0.2) is 18.9 Å². The van der Waals surface area contributed by atoms with Gasteiger partial charge in [-0.2, -0.15) is 0 Å². The van der Waals surface area contributed by atoms with Crippen LogP contribution in [0.25, 0.3) is 0 Å². The third kappa shape index (κ3) is 3.99. The highest BCUT2D eigenvalue weighted by atomic mass is 35.5. The van der Waals surface area contributed by atoms with Crippen LogP contribution in [-0.2, 0) is 16.0 Å². The molecule has 0 aromatic heterocycles. The monoisotopic (exact) mass is 228 g/mol. The maximum absolute atomic E-state index is 10.9. The summed E-state index contributed by atoms with van der Waals surface area (Å²) in [5.74, 6) is -0.254. The molecule has 0 fully saturated rings. The van der Waals surface area contributed by atoms with Gasteiger partial charge in [0.25, 0.3) is 0 Å². The number of nitrogen functional groups attached to an aromatic ring is 1. The van der Waals surface area contributed by atoms with Crippen molar-refractivity contribution in [3.05, 3.63) is 35.4 Å². The Morgan fingerprint density at radius 1 is 1.40 bits per heavy atom. The quantitative estimate of drug-likeness (QED) is 0.462. The van der Waals surface area contributed by atoms with E-state index < -0.39 is 0 Å². The molecule has 1 aromatic rings. The van der Waals surface area contributed by atoms with Crippen LogP contribution in [0.3, 0.4) is 0 Å². The number of carbonyl (C=O) groups excluding carboxylic acids is 1. The van der Waals surface area contributed by atoms with E-state index in [0.717, 1.165) is 5.56 Å². The summed E-state index contributed by atoms with van der Waals surface area (Å²) in [5.41, 5.74) is 6.78. The number of nitrogens with one attached hydrogen (secondary N) is 1. The molecule has 0 radical (unpaired) electrons. The predicted octanol–water partition coefficient (Wildman–Crippen LogP) is 1.11. The van der Waals surface area contributed by atoms with Gasteiger partial charge >= 0.3 is 5.97 Å². The van der Waals surface area contributed by atoms with Gasteiger partial charge in [0, 0.05) is 5.56 Å². The van der Waals surface area contributed by atoms with Crippen LogP contribution in [0.5, 0.6) is 0 Å². The third-order valence-electron chi connectivity index (χ3n) is 1.84. The van der Waals surface area contributed by atoms with Gasteiger partial charge in [-0.3, -0.25) is 10.2 Å². The molecule has 5 heteroatoms. The van der Waals surface area contributed by atoms with Crippen LogP contribution in [0.15, 0.2) is 24.3 Å². The molecule has 0 aliphatic carbocycles. The van der Waals surface area contributed by atoms with Crippen molar-refractivity contribution >= 4 is 24.2 Å². The zero-order valence-electron chi connectivity index (χ0n) is 8.32. The lowest BCUT2D eigenvalue weighted by Crippen LogP contribution is -2.11. The lowest BCUT2D eigenvalue weighted by atomic mass is 10.1. The van der Waals surface area contributed by atoms with Crippen LogP contribution < -0.4 is 5.73 Å². The number of ether oxygens (including phenoxy) is 1. The number of esters is 1. The van der Waals surface area contributed by atoms with Crippen molar-refractivity contribution in [3.63, 3.8) is 0 Å². The number of hydrogen-bond donors (Lipinski definition) is 2. The molecule has 0 amide bonds. The van der Waals surface area contributed by atoms with Crippen LogP contribution in [0.4, 0.5) is 0 Å². The standard InChI is InChI=1S/C10H12N2O2.ClH/c1-14-9(13)6-7-2-4-8(5-3-7)10(11)12;/h2-5H,6H2,1H3,(H3,11,12);1H. The summed E-state index contributed by atoms with van der Waals surface area (Å²) in [6.45, 7) is 0. The molecule has 4 nitrogen and oxygen atoms in total. The minimum absolute atomic E-state index is 0. The van der Waals surface area contributed by atoms with Gasteiger partial charge in [-0.1, -0.05) is 24.3 Å². The van der Waals surface area contributed by atoms with Gasteiger partial charge in [0.05, 0.1) is 13.5 Å². The molecule has 1 aromatic carbocycles. The largest absolute Gasteiger partial charge is 0.469 e. The summed E-state index contributed by atoms with van der Waals surface area (Å²) in [7, 11) is 1.35. The fraction of sp³-hybridized carbons (Fsp3) is 0.200. The number of halogens is 1. The first-order chi connectivity index (χ1) is 6.63. The molecular weight excluding hydrogens is 216 g/mol. The first-order valence-electron chi connectivity index (χ1n) is 4.13. The maximum atomic E-state index is 10.9. The molecule has 0 saturated carbocycles. The van der Waals surface area contributed by atoms with Gasteiger partial charge in [-0.15, -0.1) is 12.4 Å². The van der Waals surface area contributed by atoms with Gasteiger partial charge in [-0.05, 0) is 5.56 Å². The number of benzene rings is 1. The zero-order chi connectivity index (χ0) is 10.6. The Labute approximate surface area is 94.3 Å². The normalized spacial score (nSPS) is 8.87. The molecule has 0 spiro atoms. The average Bonchev–Trinajstić information content (AvgIpc) is 2.18. The van der Waals surface area contributed by atoms with Gasteiger partial charge < -0.3 is 10.5 Å². The molecule has 0 atom stereocenters. The molecule has 15 heavy (non-hydrogen) atoms. The summed E-state index contributed by atoms with van der Waals surface area (Å²) in [4.78, 5) is 10.9. The van der Waals surface area contributed by atoms with E-state index in [1.54, 1.807) is 24.3 Å². The Hall–Kier alpha value is -1.55. The lowest BCUT2D eigenvalue weighted by molar-refractivity contribution is -0.139. The van der Waals surface area contributed by atoms with Crippen molar-refractivity contribution in [1.29, 1.82) is 5.41 Å². The Morgan fingerprint density at radius 2 is 1.93 bits per heavy atom. The van der Waals surface area contributed by atoms with E-state index in [4.69, 9.17) is 11.1 Å². The van der Waals surface area contributed by atoms with Crippen LogP contribution in [0.1, 0.15) is 11.1 Å². The van der Waals surface area contributed by atoms with E-state index in [0.29, 0.717) is 5.56 Å². The van der Waals surface area contributed by atoms with Crippen molar-refractivity contribution in [1.82, 2.24) is 0 Å². The minimum Gasteiger partial charge on any atom is -0.469 e. The van der Waals surface area contributed by atoms with Gasteiger partial charge in [0.15, 0.2) is 0 Å². The summed E-state index contributed by atoms with van der Waals surface area (Å²) in [6.07, 6.45) is 0.245. The van der Waals surface area contributed by atoms with E-state index in [9.17, 15) is 4.79 Å². The molecule has 0 saturated heterocycles. The number of methoxy groups -OCH3 is 1. The van der Waals surface area contributed by atoms with Gasteiger partial charge in [0.2, 0.25) is 0 Å². The molecule has 0 heterocycles. The van der Waals surface area contributed by atoms with Crippen molar-refractivity contribution in [2.45, 2.75) is 6.42 Å². The second-order valence-electron chi connectivity index (χ2n) is 2.86. The highest BCUT2D eigenvalue weighted by Gasteiger charge is 2.02. The van der Waals surface area contributed by atoms with E-state index in [1.165, 1.54) is 7.11 Å². The van der Waals surface area contributed by atoms with Crippen molar-refractivity contribution < 1.29 is 9.53 Å². The minimum atomic E-state index is -0.277. The van der Waals surface area contributed by atoms with E-state index in [-0.39, 0.29) is 30.6 Å². The average molecular weight is 229 g/mol. The Balaban J connectivity index is 0.00000196. The molecule has 82 valence electrons. The number of nitrogens with two attached hydrogens (primary N) is 1. The van der Waals surface area contributed by atoms with Crippen molar-refractivity contribution in [2.75, 3.05) is 7.11 Å². The Morgan fingerprint density at radius 3 is 2.33 bits per heavy atom. The second-order valence-corrected chi connectivity index (χ2v) is 2.86.